The number of fused-ring (bicyclic) bond motifs is 1. The molecule has 0 radical (unpaired) electrons. The second-order valence-corrected chi connectivity index (χ2v) is 8.81. The van der Waals surface area contributed by atoms with E-state index in [2.05, 4.69) is 47.4 Å². The van der Waals surface area contributed by atoms with Crippen molar-refractivity contribution < 1.29 is 13.9 Å². The van der Waals surface area contributed by atoms with Crippen LogP contribution in [-0.2, 0) is 0 Å². The van der Waals surface area contributed by atoms with Gasteiger partial charge in [-0.2, -0.15) is 0 Å². The molecule has 0 saturated carbocycles. The Morgan fingerprint density at radius 2 is 2.03 bits per heavy atom. The molecule has 0 aliphatic rings. The molecule has 4 rings (SSSR count). The lowest BCUT2D eigenvalue weighted by atomic mass is 10.2. The molecule has 0 atom stereocenters. The smallest absolute Gasteiger partial charge is 0.349 e. The molecule has 0 fully saturated rings. The van der Waals surface area contributed by atoms with Crippen LogP contribution in [0.4, 0.5) is 0 Å². The highest BCUT2D eigenvalue weighted by Crippen LogP contribution is 2.28. The van der Waals surface area contributed by atoms with Crippen LogP contribution in [-0.4, -0.2) is 29.3 Å². The summed E-state index contributed by atoms with van der Waals surface area (Å²) >= 11 is 8.30. The molecular weight excluding hydrogens is 538 g/mol. The molecule has 7 nitrogen and oxygen atoms in total. The molecule has 1 N–H and O–H groups in total. The SMILES string of the molecule is O=C(NCCOc1ccc(-c2cccs2)nn1)c1cc2cc(Br)cc(Br)c2oc1=O. The van der Waals surface area contributed by atoms with Gasteiger partial charge in [0.2, 0.25) is 5.88 Å². The maximum absolute atomic E-state index is 12.4. The van der Waals surface area contributed by atoms with E-state index in [1.165, 1.54) is 6.07 Å². The topological polar surface area (TPSA) is 94.3 Å². The highest BCUT2D eigenvalue weighted by Gasteiger charge is 2.15. The first kappa shape index (κ1) is 20.7. The number of aromatic nitrogens is 2. The van der Waals surface area contributed by atoms with Crippen LogP contribution in [0.1, 0.15) is 10.4 Å². The summed E-state index contributed by atoms with van der Waals surface area (Å²) in [7, 11) is 0. The molecular formula is C20H13Br2N3O4S. The van der Waals surface area contributed by atoms with Crippen LogP contribution in [0.2, 0.25) is 0 Å². The van der Waals surface area contributed by atoms with Crippen molar-refractivity contribution in [2.75, 3.05) is 13.2 Å². The lowest BCUT2D eigenvalue weighted by Crippen LogP contribution is -2.31. The van der Waals surface area contributed by atoms with E-state index in [-0.39, 0.29) is 18.7 Å². The van der Waals surface area contributed by atoms with Gasteiger partial charge in [-0.15, -0.1) is 21.5 Å². The number of amides is 1. The fourth-order valence-electron chi connectivity index (χ4n) is 2.68. The minimum Gasteiger partial charge on any atom is -0.475 e. The van der Waals surface area contributed by atoms with Gasteiger partial charge in [-0.1, -0.05) is 22.0 Å². The van der Waals surface area contributed by atoms with E-state index in [1.807, 2.05) is 23.6 Å². The summed E-state index contributed by atoms with van der Waals surface area (Å²) in [5.41, 5.74) is 0.367. The maximum Gasteiger partial charge on any atom is 0.349 e. The third-order valence-electron chi connectivity index (χ3n) is 4.05. The number of carbonyl (C=O) groups excluding carboxylic acids is 1. The number of thiophene rings is 1. The number of nitrogens with one attached hydrogen (secondary N) is 1. The summed E-state index contributed by atoms with van der Waals surface area (Å²) < 4.78 is 12.2. The maximum atomic E-state index is 12.4. The average molecular weight is 551 g/mol. The first-order valence-corrected chi connectivity index (χ1v) is 11.2. The number of rotatable bonds is 6. The minimum absolute atomic E-state index is 0.0763. The van der Waals surface area contributed by atoms with Gasteiger partial charge in [-0.25, -0.2) is 4.79 Å². The minimum atomic E-state index is -0.709. The van der Waals surface area contributed by atoms with E-state index in [4.69, 9.17) is 9.15 Å². The van der Waals surface area contributed by atoms with Crippen LogP contribution < -0.4 is 15.7 Å². The molecule has 30 heavy (non-hydrogen) atoms. The Labute approximate surface area is 191 Å². The summed E-state index contributed by atoms with van der Waals surface area (Å²) in [5, 5.41) is 13.4. The quantitative estimate of drug-likeness (QED) is 0.277. The number of nitrogens with zero attached hydrogens (tertiary/aromatic N) is 2. The van der Waals surface area contributed by atoms with Crippen LogP contribution >= 0.6 is 43.2 Å². The summed E-state index contributed by atoms with van der Waals surface area (Å²) in [6.07, 6.45) is 0. The Morgan fingerprint density at radius 3 is 2.77 bits per heavy atom. The number of halogens is 2. The van der Waals surface area contributed by atoms with Crippen molar-refractivity contribution in [1.29, 1.82) is 0 Å². The first-order valence-electron chi connectivity index (χ1n) is 8.73. The summed E-state index contributed by atoms with van der Waals surface area (Å²) in [5.74, 6) is -0.186. The fraction of sp³-hybridized carbons (Fsp3) is 0.100. The van der Waals surface area contributed by atoms with Crippen LogP contribution in [0.15, 0.2) is 66.0 Å². The number of ether oxygens (including phenoxy) is 1. The Hall–Kier alpha value is -2.56. The molecule has 3 aromatic heterocycles. The lowest BCUT2D eigenvalue weighted by molar-refractivity contribution is 0.0943. The average Bonchev–Trinajstić information content (AvgIpc) is 3.26. The van der Waals surface area contributed by atoms with E-state index < -0.39 is 11.5 Å². The predicted molar refractivity (Wildman–Crippen MR) is 121 cm³/mol. The van der Waals surface area contributed by atoms with Crippen molar-refractivity contribution in [1.82, 2.24) is 15.5 Å². The number of benzene rings is 1. The molecule has 0 aliphatic heterocycles. The normalized spacial score (nSPS) is 10.9. The van der Waals surface area contributed by atoms with E-state index in [1.54, 1.807) is 29.5 Å². The van der Waals surface area contributed by atoms with Gasteiger partial charge in [0.25, 0.3) is 5.91 Å². The van der Waals surface area contributed by atoms with Crippen molar-refractivity contribution in [3.63, 3.8) is 0 Å². The molecule has 10 heteroatoms. The molecule has 0 spiro atoms. The van der Waals surface area contributed by atoms with E-state index in [0.717, 1.165) is 15.0 Å². The van der Waals surface area contributed by atoms with Gasteiger partial charge in [-0.3, -0.25) is 4.79 Å². The molecule has 152 valence electrons. The highest BCUT2D eigenvalue weighted by atomic mass is 79.9. The van der Waals surface area contributed by atoms with Crippen molar-refractivity contribution in [2.45, 2.75) is 0 Å². The summed E-state index contributed by atoms with van der Waals surface area (Å²) in [4.78, 5) is 25.6. The van der Waals surface area contributed by atoms with E-state index in [9.17, 15) is 9.59 Å². The fourth-order valence-corrected chi connectivity index (χ4v) is 4.71. The molecule has 4 aromatic rings. The number of carbonyl (C=O) groups is 1. The highest BCUT2D eigenvalue weighted by molar-refractivity contribution is 9.11. The zero-order valence-electron chi connectivity index (χ0n) is 15.2. The second-order valence-electron chi connectivity index (χ2n) is 6.09. The van der Waals surface area contributed by atoms with Crippen molar-refractivity contribution >= 4 is 60.1 Å². The van der Waals surface area contributed by atoms with E-state index >= 15 is 0 Å². The summed E-state index contributed by atoms with van der Waals surface area (Å²) in [6.45, 7) is 0.363. The van der Waals surface area contributed by atoms with Crippen molar-refractivity contribution in [3.05, 3.63) is 72.8 Å². The molecule has 3 heterocycles. The van der Waals surface area contributed by atoms with Gasteiger partial charge >= 0.3 is 5.63 Å². The van der Waals surface area contributed by atoms with Crippen LogP contribution in [0, 0.1) is 0 Å². The monoisotopic (exact) mass is 549 g/mol. The largest absolute Gasteiger partial charge is 0.475 e. The van der Waals surface area contributed by atoms with Gasteiger partial charge in [0.15, 0.2) is 5.58 Å². The third kappa shape index (κ3) is 4.61. The van der Waals surface area contributed by atoms with Crippen molar-refractivity contribution in [2.24, 2.45) is 0 Å². The van der Waals surface area contributed by atoms with Crippen LogP contribution in [0.5, 0.6) is 5.88 Å². The molecule has 0 aliphatic carbocycles. The molecule has 0 unspecified atom stereocenters. The Balaban J connectivity index is 1.36. The van der Waals surface area contributed by atoms with Gasteiger partial charge < -0.3 is 14.5 Å². The van der Waals surface area contributed by atoms with Gasteiger partial charge in [0, 0.05) is 15.9 Å². The summed E-state index contributed by atoms with van der Waals surface area (Å²) in [6, 6.07) is 12.5. The second kappa shape index (κ2) is 9.07. The van der Waals surface area contributed by atoms with Gasteiger partial charge in [-0.05, 0) is 51.6 Å². The lowest BCUT2D eigenvalue weighted by Gasteiger charge is -2.07. The van der Waals surface area contributed by atoms with Gasteiger partial charge in [0.1, 0.15) is 17.9 Å². The molecule has 1 aromatic carbocycles. The first-order chi connectivity index (χ1) is 14.5. The molecule has 1 amide bonds. The Morgan fingerprint density at radius 1 is 1.17 bits per heavy atom. The van der Waals surface area contributed by atoms with Crippen LogP contribution in [0.25, 0.3) is 21.5 Å². The van der Waals surface area contributed by atoms with Crippen LogP contribution in [0.3, 0.4) is 0 Å². The molecule has 0 saturated heterocycles. The molecule has 0 bridgehead atoms. The zero-order chi connectivity index (χ0) is 21.1. The predicted octanol–water partition coefficient (Wildman–Crippen LogP) is 4.65. The zero-order valence-corrected chi connectivity index (χ0v) is 19.2. The standard InChI is InChI=1S/C20H13Br2N3O4S/c21-12-8-11-9-13(20(27)29-18(11)14(22)10-12)19(26)23-5-6-28-17-4-3-15(24-25-17)16-2-1-7-30-16/h1-4,7-10H,5-6H2,(H,23,26). The number of hydrogen-bond donors (Lipinski definition) is 1. The third-order valence-corrected chi connectivity index (χ3v) is 5.99. The Kier molecular flexibility index (Phi) is 6.26. The van der Waals surface area contributed by atoms with Crippen molar-refractivity contribution in [3.8, 4) is 16.5 Å². The Bertz CT molecular complexity index is 1260. The van der Waals surface area contributed by atoms with E-state index in [0.29, 0.717) is 21.3 Å². The number of hydrogen-bond acceptors (Lipinski definition) is 7. The van der Waals surface area contributed by atoms with Gasteiger partial charge in [0.05, 0.1) is 15.9 Å².